The molecular formula is C32H29NO4. The molecule has 0 radical (unpaired) electrons. The molecule has 0 aliphatic rings. The van der Waals surface area contributed by atoms with Crippen molar-refractivity contribution in [2.75, 3.05) is 13.7 Å². The van der Waals surface area contributed by atoms with Crippen molar-refractivity contribution in [1.82, 2.24) is 5.32 Å². The lowest BCUT2D eigenvalue weighted by atomic mass is 9.96. The molecule has 0 unspecified atom stereocenters. The Morgan fingerprint density at radius 3 is 2.54 bits per heavy atom. The Kier molecular flexibility index (Phi) is 6.95. The highest BCUT2D eigenvalue weighted by molar-refractivity contribution is 6.06. The van der Waals surface area contributed by atoms with Crippen LogP contribution < -0.4 is 14.8 Å². The Bertz CT molecular complexity index is 1610. The largest absolute Gasteiger partial charge is 0.496 e. The Morgan fingerprint density at radius 2 is 1.70 bits per heavy atom. The van der Waals surface area contributed by atoms with Crippen LogP contribution in [0.2, 0.25) is 0 Å². The van der Waals surface area contributed by atoms with Gasteiger partial charge in [0.1, 0.15) is 17.1 Å². The number of hydrogen-bond donors (Lipinski definition) is 1. The number of rotatable bonds is 8. The monoisotopic (exact) mass is 491 g/mol. The number of carbonyl (C=O) groups excluding carboxylic acids is 1. The predicted molar refractivity (Wildman–Crippen MR) is 149 cm³/mol. The molecular weight excluding hydrogens is 462 g/mol. The van der Waals surface area contributed by atoms with Gasteiger partial charge in [-0.05, 0) is 47.9 Å². The lowest BCUT2D eigenvalue weighted by molar-refractivity contribution is -0.116. The number of fused-ring (bicyclic) bond motifs is 2. The summed E-state index contributed by atoms with van der Waals surface area (Å²) in [5, 5.41) is 6.26. The van der Waals surface area contributed by atoms with Gasteiger partial charge in [-0.3, -0.25) is 4.79 Å². The molecule has 0 atom stereocenters. The zero-order valence-corrected chi connectivity index (χ0v) is 21.2. The molecule has 1 heterocycles. The molecule has 0 aliphatic heterocycles. The third-order valence-corrected chi connectivity index (χ3v) is 6.47. The molecule has 5 aromatic rings. The van der Waals surface area contributed by atoms with Gasteiger partial charge in [0, 0.05) is 40.8 Å². The first-order valence-electron chi connectivity index (χ1n) is 12.3. The number of methoxy groups -OCH3 is 1. The summed E-state index contributed by atoms with van der Waals surface area (Å²) in [5.74, 6) is 1.24. The maximum Gasteiger partial charge on any atom is 0.244 e. The van der Waals surface area contributed by atoms with Crippen molar-refractivity contribution in [2.45, 2.75) is 20.4 Å². The summed E-state index contributed by atoms with van der Waals surface area (Å²) in [4.78, 5) is 12.8. The van der Waals surface area contributed by atoms with E-state index in [2.05, 4.69) is 41.7 Å². The Balaban J connectivity index is 1.51. The Morgan fingerprint density at radius 1 is 0.919 bits per heavy atom. The van der Waals surface area contributed by atoms with E-state index in [-0.39, 0.29) is 5.91 Å². The van der Waals surface area contributed by atoms with Crippen LogP contribution in [0.3, 0.4) is 0 Å². The highest BCUT2D eigenvalue weighted by Gasteiger charge is 2.16. The molecule has 1 N–H and O–H groups in total. The van der Waals surface area contributed by atoms with Gasteiger partial charge in [0.15, 0.2) is 0 Å². The maximum absolute atomic E-state index is 12.8. The topological polar surface area (TPSA) is 60.7 Å². The number of para-hydroxylation sites is 1. The zero-order valence-electron chi connectivity index (χ0n) is 21.2. The molecule has 0 saturated heterocycles. The quantitative estimate of drug-likeness (QED) is 0.230. The SMILES string of the molecule is CCOc1cc2occ(-c3cccc4ccccc34)c2cc1/C(C)=C/C(=O)NCc1ccccc1OC. The number of nitrogens with one attached hydrogen (secondary N) is 1. The molecule has 0 fully saturated rings. The number of furan rings is 1. The van der Waals surface area contributed by atoms with Crippen LogP contribution in [-0.2, 0) is 11.3 Å². The molecule has 5 heteroatoms. The number of allylic oxidation sites excluding steroid dienone is 1. The average Bonchev–Trinajstić information content (AvgIpc) is 3.34. The van der Waals surface area contributed by atoms with Gasteiger partial charge in [-0.25, -0.2) is 0 Å². The normalized spacial score (nSPS) is 11.6. The van der Waals surface area contributed by atoms with Gasteiger partial charge >= 0.3 is 0 Å². The fourth-order valence-corrected chi connectivity index (χ4v) is 4.66. The van der Waals surface area contributed by atoms with E-state index >= 15 is 0 Å². The van der Waals surface area contributed by atoms with E-state index in [1.807, 2.05) is 56.3 Å². The second-order valence-corrected chi connectivity index (χ2v) is 8.81. The first kappa shape index (κ1) is 24.2. The highest BCUT2D eigenvalue weighted by atomic mass is 16.5. The van der Waals surface area contributed by atoms with Crippen LogP contribution in [0, 0.1) is 0 Å². The number of ether oxygens (including phenoxy) is 2. The molecule has 37 heavy (non-hydrogen) atoms. The molecule has 1 amide bonds. The minimum atomic E-state index is -0.188. The summed E-state index contributed by atoms with van der Waals surface area (Å²) < 4.78 is 17.3. The van der Waals surface area contributed by atoms with Crippen molar-refractivity contribution in [3.63, 3.8) is 0 Å². The lowest BCUT2D eigenvalue weighted by Gasteiger charge is -2.12. The summed E-state index contributed by atoms with van der Waals surface area (Å²) in [6.45, 7) is 4.74. The van der Waals surface area contributed by atoms with Crippen LogP contribution in [0.15, 0.2) is 95.6 Å². The minimum Gasteiger partial charge on any atom is -0.496 e. The molecule has 5 nitrogen and oxygen atoms in total. The minimum absolute atomic E-state index is 0.188. The van der Waals surface area contributed by atoms with E-state index in [9.17, 15) is 4.79 Å². The van der Waals surface area contributed by atoms with E-state index in [4.69, 9.17) is 13.9 Å². The molecule has 5 rings (SSSR count). The van der Waals surface area contributed by atoms with Gasteiger partial charge < -0.3 is 19.2 Å². The molecule has 1 aromatic heterocycles. The van der Waals surface area contributed by atoms with Gasteiger partial charge in [-0.15, -0.1) is 0 Å². The smallest absolute Gasteiger partial charge is 0.244 e. The molecule has 0 aliphatic carbocycles. The van der Waals surface area contributed by atoms with Crippen LogP contribution in [0.1, 0.15) is 25.0 Å². The maximum atomic E-state index is 12.8. The zero-order chi connectivity index (χ0) is 25.8. The number of hydrogen-bond acceptors (Lipinski definition) is 4. The third kappa shape index (κ3) is 4.94. The Hall–Kier alpha value is -4.51. The van der Waals surface area contributed by atoms with Crippen molar-refractivity contribution in [3.8, 4) is 22.6 Å². The molecule has 0 bridgehead atoms. The van der Waals surface area contributed by atoms with E-state index in [1.165, 1.54) is 5.39 Å². The number of benzene rings is 4. The van der Waals surface area contributed by atoms with Gasteiger partial charge in [0.25, 0.3) is 0 Å². The standard InChI is InChI=1S/C32H29NO4/c1-4-36-30-18-31-27(28(20-37-31)25-14-9-12-22-10-5-7-13-24(22)25)17-26(30)21(2)16-32(34)33-19-23-11-6-8-15-29(23)35-3/h5-18,20H,4,19H2,1-3H3,(H,33,34)/b21-16+. The number of amides is 1. The van der Waals surface area contributed by atoms with E-state index < -0.39 is 0 Å². The van der Waals surface area contributed by atoms with Crippen LogP contribution in [0.25, 0.3) is 38.4 Å². The van der Waals surface area contributed by atoms with E-state index in [0.717, 1.165) is 49.9 Å². The van der Waals surface area contributed by atoms with E-state index in [1.54, 1.807) is 19.4 Å². The van der Waals surface area contributed by atoms with E-state index in [0.29, 0.717) is 18.9 Å². The first-order chi connectivity index (χ1) is 18.1. The summed E-state index contributed by atoms with van der Waals surface area (Å²) in [5.41, 5.74) is 5.41. The predicted octanol–water partition coefficient (Wildman–Crippen LogP) is 7.38. The van der Waals surface area contributed by atoms with Crippen molar-refractivity contribution in [1.29, 1.82) is 0 Å². The fraction of sp³-hybridized carbons (Fsp3) is 0.156. The second kappa shape index (κ2) is 10.6. The fourth-order valence-electron chi connectivity index (χ4n) is 4.66. The van der Waals surface area contributed by atoms with Gasteiger partial charge in [0.2, 0.25) is 5.91 Å². The van der Waals surface area contributed by atoms with Crippen molar-refractivity contribution >= 4 is 33.2 Å². The highest BCUT2D eigenvalue weighted by Crippen LogP contribution is 2.39. The summed E-state index contributed by atoms with van der Waals surface area (Å²) in [6.07, 6.45) is 3.40. The van der Waals surface area contributed by atoms with Gasteiger partial charge in [-0.2, -0.15) is 0 Å². The lowest BCUT2D eigenvalue weighted by Crippen LogP contribution is -2.21. The van der Waals surface area contributed by atoms with Crippen LogP contribution in [0.5, 0.6) is 11.5 Å². The molecule has 0 spiro atoms. The van der Waals surface area contributed by atoms with Crippen LogP contribution >= 0.6 is 0 Å². The summed E-state index contributed by atoms with van der Waals surface area (Å²) in [7, 11) is 1.62. The number of carbonyl (C=O) groups is 1. The average molecular weight is 492 g/mol. The third-order valence-electron chi connectivity index (χ3n) is 6.47. The summed E-state index contributed by atoms with van der Waals surface area (Å²) in [6, 6.07) is 26.2. The van der Waals surface area contributed by atoms with Gasteiger partial charge in [-0.1, -0.05) is 60.7 Å². The second-order valence-electron chi connectivity index (χ2n) is 8.81. The van der Waals surface area contributed by atoms with Crippen molar-refractivity contribution < 1.29 is 18.7 Å². The van der Waals surface area contributed by atoms with Crippen LogP contribution in [-0.4, -0.2) is 19.6 Å². The van der Waals surface area contributed by atoms with Crippen molar-refractivity contribution in [2.24, 2.45) is 0 Å². The Labute approximate surface area is 216 Å². The summed E-state index contributed by atoms with van der Waals surface area (Å²) >= 11 is 0. The first-order valence-corrected chi connectivity index (χ1v) is 12.3. The van der Waals surface area contributed by atoms with Crippen LogP contribution in [0.4, 0.5) is 0 Å². The van der Waals surface area contributed by atoms with Gasteiger partial charge in [0.05, 0.1) is 20.0 Å². The molecule has 0 saturated carbocycles. The molecule has 186 valence electrons. The van der Waals surface area contributed by atoms with Crippen molar-refractivity contribution in [3.05, 3.63) is 102 Å². The molecule has 4 aromatic carbocycles.